The van der Waals surface area contributed by atoms with Gasteiger partial charge < -0.3 is 9.47 Å². The summed E-state index contributed by atoms with van der Waals surface area (Å²) >= 11 is 1.40. The number of carbonyl (C=O) groups excluding carboxylic acids is 1. The molecule has 1 aromatic heterocycles. The summed E-state index contributed by atoms with van der Waals surface area (Å²) in [6.45, 7) is 2.52. The molecule has 0 fully saturated rings. The number of anilines is 1. The maximum atomic E-state index is 12.6. The lowest BCUT2D eigenvalue weighted by Crippen LogP contribution is -2.11. The predicted octanol–water partition coefficient (Wildman–Crippen LogP) is 5.74. The van der Waals surface area contributed by atoms with Crippen molar-refractivity contribution in [3.63, 3.8) is 0 Å². The fourth-order valence-electron chi connectivity index (χ4n) is 2.71. The molecule has 1 amide bonds. The second-order valence-electron chi connectivity index (χ2n) is 5.95. The topological polar surface area (TPSA) is 60.5 Å². The Kier molecular flexibility index (Phi) is 5.21. The summed E-state index contributed by atoms with van der Waals surface area (Å²) in [7, 11) is 0. The molecule has 6 heteroatoms. The SMILES string of the molecule is CCOc1cccc2nc(NC(=O)c3ccc(Oc4ccccc4)cc3)sc12. The summed E-state index contributed by atoms with van der Waals surface area (Å²) < 4.78 is 12.3. The Hall–Kier alpha value is -3.38. The molecule has 140 valence electrons. The fraction of sp³-hybridized carbons (Fsp3) is 0.0909. The van der Waals surface area contributed by atoms with Crippen molar-refractivity contribution in [3.05, 3.63) is 78.4 Å². The molecule has 28 heavy (non-hydrogen) atoms. The van der Waals surface area contributed by atoms with Crippen LogP contribution in [0.2, 0.25) is 0 Å². The smallest absolute Gasteiger partial charge is 0.257 e. The van der Waals surface area contributed by atoms with Gasteiger partial charge in [0.2, 0.25) is 0 Å². The third-order valence-corrected chi connectivity index (χ3v) is 5.00. The number of thiazole rings is 1. The van der Waals surface area contributed by atoms with Gasteiger partial charge in [-0.15, -0.1) is 0 Å². The molecule has 4 rings (SSSR count). The zero-order valence-electron chi connectivity index (χ0n) is 15.2. The van der Waals surface area contributed by atoms with Crippen LogP contribution in [0.1, 0.15) is 17.3 Å². The zero-order valence-corrected chi connectivity index (χ0v) is 16.0. The predicted molar refractivity (Wildman–Crippen MR) is 112 cm³/mol. The number of benzene rings is 3. The molecule has 0 aliphatic rings. The standard InChI is InChI=1S/C22H18N2O3S/c1-2-26-19-10-6-9-18-20(19)28-22(23-18)24-21(25)15-11-13-17(14-12-15)27-16-7-4-3-5-8-16/h3-14H,2H2,1H3,(H,23,24,25). The molecular formula is C22H18N2O3S. The van der Waals surface area contributed by atoms with Gasteiger partial charge in [0.1, 0.15) is 17.2 Å². The number of nitrogens with one attached hydrogen (secondary N) is 1. The fourth-order valence-corrected chi connectivity index (χ4v) is 3.64. The van der Waals surface area contributed by atoms with E-state index in [2.05, 4.69) is 10.3 Å². The highest BCUT2D eigenvalue weighted by atomic mass is 32.1. The first-order valence-electron chi connectivity index (χ1n) is 8.89. The van der Waals surface area contributed by atoms with Crippen molar-refractivity contribution < 1.29 is 14.3 Å². The second-order valence-corrected chi connectivity index (χ2v) is 6.95. The Morgan fingerprint density at radius 3 is 2.46 bits per heavy atom. The Morgan fingerprint density at radius 2 is 1.71 bits per heavy atom. The molecule has 0 aliphatic heterocycles. The first kappa shape index (κ1) is 18.0. The molecule has 4 aromatic rings. The van der Waals surface area contributed by atoms with E-state index >= 15 is 0 Å². The third-order valence-electron chi connectivity index (χ3n) is 3.99. The highest BCUT2D eigenvalue weighted by Crippen LogP contribution is 2.34. The number of amides is 1. The van der Waals surface area contributed by atoms with Crippen LogP contribution in [-0.4, -0.2) is 17.5 Å². The number of hydrogen-bond donors (Lipinski definition) is 1. The number of para-hydroxylation sites is 1. The van der Waals surface area contributed by atoms with Crippen molar-refractivity contribution >= 4 is 32.6 Å². The number of aromatic nitrogens is 1. The first-order valence-corrected chi connectivity index (χ1v) is 9.71. The van der Waals surface area contributed by atoms with E-state index in [4.69, 9.17) is 9.47 Å². The van der Waals surface area contributed by atoms with E-state index in [1.807, 2.05) is 55.5 Å². The van der Waals surface area contributed by atoms with E-state index in [9.17, 15) is 4.79 Å². The van der Waals surface area contributed by atoms with Crippen LogP contribution in [0.25, 0.3) is 10.2 Å². The first-order chi connectivity index (χ1) is 13.7. The maximum Gasteiger partial charge on any atom is 0.257 e. The summed E-state index contributed by atoms with van der Waals surface area (Å²) in [5.41, 5.74) is 1.34. The van der Waals surface area contributed by atoms with Crippen LogP contribution in [0, 0.1) is 0 Å². The van der Waals surface area contributed by atoms with E-state index < -0.39 is 0 Å². The Morgan fingerprint density at radius 1 is 0.964 bits per heavy atom. The van der Waals surface area contributed by atoms with Crippen LogP contribution >= 0.6 is 11.3 Å². The summed E-state index contributed by atoms with van der Waals surface area (Å²) in [6.07, 6.45) is 0. The van der Waals surface area contributed by atoms with Crippen LogP contribution in [-0.2, 0) is 0 Å². The molecule has 0 bridgehead atoms. The lowest BCUT2D eigenvalue weighted by Gasteiger charge is -2.06. The second kappa shape index (κ2) is 8.10. The lowest BCUT2D eigenvalue weighted by molar-refractivity contribution is 0.102. The van der Waals surface area contributed by atoms with Crippen molar-refractivity contribution in [2.45, 2.75) is 6.92 Å². The van der Waals surface area contributed by atoms with Gasteiger partial charge in [-0.05, 0) is 55.5 Å². The van der Waals surface area contributed by atoms with E-state index in [1.165, 1.54) is 11.3 Å². The van der Waals surface area contributed by atoms with Crippen molar-refractivity contribution in [3.8, 4) is 17.2 Å². The highest BCUT2D eigenvalue weighted by Gasteiger charge is 2.12. The third kappa shape index (κ3) is 3.97. The number of nitrogens with zero attached hydrogens (tertiary/aromatic N) is 1. The van der Waals surface area contributed by atoms with Gasteiger partial charge in [0.15, 0.2) is 5.13 Å². The van der Waals surface area contributed by atoms with Gasteiger partial charge in [0, 0.05) is 5.56 Å². The minimum Gasteiger partial charge on any atom is -0.492 e. The van der Waals surface area contributed by atoms with Crippen LogP contribution in [0.3, 0.4) is 0 Å². The van der Waals surface area contributed by atoms with Crippen LogP contribution in [0.15, 0.2) is 72.8 Å². The van der Waals surface area contributed by atoms with Gasteiger partial charge in [-0.25, -0.2) is 4.98 Å². The minimum atomic E-state index is -0.219. The number of hydrogen-bond acceptors (Lipinski definition) is 5. The summed E-state index contributed by atoms with van der Waals surface area (Å²) in [4.78, 5) is 17.0. The molecule has 0 radical (unpaired) electrons. The number of rotatable bonds is 6. The van der Waals surface area contributed by atoms with E-state index in [-0.39, 0.29) is 5.91 Å². The largest absolute Gasteiger partial charge is 0.492 e. The van der Waals surface area contributed by atoms with Crippen LogP contribution in [0.5, 0.6) is 17.2 Å². The summed E-state index contributed by atoms with van der Waals surface area (Å²) in [5, 5.41) is 3.40. The Labute approximate surface area is 166 Å². The lowest BCUT2D eigenvalue weighted by atomic mass is 10.2. The van der Waals surface area contributed by atoms with Crippen LogP contribution in [0.4, 0.5) is 5.13 Å². The van der Waals surface area contributed by atoms with E-state index in [1.54, 1.807) is 24.3 Å². The molecule has 1 heterocycles. The molecular weight excluding hydrogens is 372 g/mol. The zero-order chi connectivity index (χ0) is 19.3. The molecule has 0 spiro atoms. The molecule has 3 aromatic carbocycles. The summed E-state index contributed by atoms with van der Waals surface area (Å²) in [6, 6.07) is 22.2. The highest BCUT2D eigenvalue weighted by molar-refractivity contribution is 7.22. The van der Waals surface area contributed by atoms with Gasteiger partial charge in [-0.2, -0.15) is 0 Å². The Bertz CT molecular complexity index is 1090. The minimum absolute atomic E-state index is 0.219. The van der Waals surface area contributed by atoms with E-state index in [0.29, 0.717) is 23.1 Å². The molecule has 0 saturated heterocycles. The number of carbonyl (C=O) groups is 1. The van der Waals surface area contributed by atoms with Crippen molar-refractivity contribution in [1.29, 1.82) is 0 Å². The van der Waals surface area contributed by atoms with Gasteiger partial charge in [0.25, 0.3) is 5.91 Å². The van der Waals surface area contributed by atoms with Crippen LogP contribution < -0.4 is 14.8 Å². The van der Waals surface area contributed by atoms with Gasteiger partial charge >= 0.3 is 0 Å². The van der Waals surface area contributed by atoms with Gasteiger partial charge in [-0.1, -0.05) is 35.6 Å². The molecule has 0 atom stereocenters. The number of ether oxygens (including phenoxy) is 2. The monoisotopic (exact) mass is 390 g/mol. The average molecular weight is 390 g/mol. The quantitative estimate of drug-likeness (QED) is 0.456. The van der Waals surface area contributed by atoms with Crippen molar-refractivity contribution in [2.75, 3.05) is 11.9 Å². The molecule has 0 aliphatic carbocycles. The number of fused-ring (bicyclic) bond motifs is 1. The van der Waals surface area contributed by atoms with Crippen molar-refractivity contribution in [1.82, 2.24) is 4.98 Å². The average Bonchev–Trinajstić information content (AvgIpc) is 3.13. The van der Waals surface area contributed by atoms with E-state index in [0.717, 1.165) is 21.7 Å². The molecule has 0 unspecified atom stereocenters. The molecule has 5 nitrogen and oxygen atoms in total. The van der Waals surface area contributed by atoms with Gasteiger partial charge in [-0.3, -0.25) is 10.1 Å². The summed E-state index contributed by atoms with van der Waals surface area (Å²) in [5.74, 6) is 1.98. The van der Waals surface area contributed by atoms with Gasteiger partial charge in [0.05, 0.1) is 16.8 Å². The molecule has 1 N–H and O–H groups in total. The van der Waals surface area contributed by atoms with Crippen molar-refractivity contribution in [2.24, 2.45) is 0 Å². The normalized spacial score (nSPS) is 10.6. The molecule has 0 saturated carbocycles. The maximum absolute atomic E-state index is 12.6. The Balaban J connectivity index is 1.47.